The van der Waals surface area contributed by atoms with Crippen LogP contribution in [0.1, 0.15) is 11.3 Å². The molecule has 5 nitrogen and oxygen atoms in total. The van der Waals surface area contributed by atoms with E-state index in [1.165, 1.54) is 6.07 Å². The second-order valence-electron chi connectivity index (χ2n) is 6.68. The number of halogens is 1. The van der Waals surface area contributed by atoms with Gasteiger partial charge in [-0.1, -0.05) is 18.2 Å². The van der Waals surface area contributed by atoms with Crippen molar-refractivity contribution in [2.75, 3.05) is 27.2 Å². The van der Waals surface area contributed by atoms with Gasteiger partial charge in [-0.3, -0.25) is 9.48 Å². The largest absolute Gasteiger partial charge is 0.336 e. The predicted molar refractivity (Wildman–Crippen MR) is 89.8 cm³/mol. The Bertz CT molecular complexity index is 713. The maximum absolute atomic E-state index is 13.8. The fourth-order valence-electron chi connectivity index (χ4n) is 3.27. The van der Waals surface area contributed by atoms with Crippen molar-refractivity contribution in [3.05, 3.63) is 53.6 Å². The third-order valence-corrected chi connectivity index (χ3v) is 4.34. The fourth-order valence-corrected chi connectivity index (χ4v) is 3.27. The summed E-state index contributed by atoms with van der Waals surface area (Å²) >= 11 is 0. The smallest absolute Gasteiger partial charge is 0.227 e. The van der Waals surface area contributed by atoms with E-state index in [1.807, 2.05) is 29.7 Å². The van der Waals surface area contributed by atoms with E-state index in [0.29, 0.717) is 24.6 Å². The first-order chi connectivity index (χ1) is 11.5. The molecular weight excluding hydrogens is 307 g/mol. The van der Waals surface area contributed by atoms with E-state index in [1.54, 1.807) is 24.4 Å². The summed E-state index contributed by atoms with van der Waals surface area (Å²) in [5.41, 5.74) is 1.47. The molecular formula is C18H23FN4O. The summed E-state index contributed by atoms with van der Waals surface area (Å²) in [5, 5.41) is 4.37. The molecule has 128 valence electrons. The summed E-state index contributed by atoms with van der Waals surface area (Å²) in [5.74, 6) is -0.0696. The Balaban J connectivity index is 1.78. The molecule has 2 heterocycles. The third-order valence-electron chi connectivity index (χ3n) is 4.34. The molecule has 24 heavy (non-hydrogen) atoms. The van der Waals surface area contributed by atoms with Crippen molar-refractivity contribution in [1.82, 2.24) is 19.6 Å². The monoisotopic (exact) mass is 330 g/mol. The molecule has 0 spiro atoms. The molecule has 0 bridgehead atoms. The number of amides is 1. The van der Waals surface area contributed by atoms with Gasteiger partial charge in [0.25, 0.3) is 0 Å². The van der Waals surface area contributed by atoms with E-state index in [4.69, 9.17) is 0 Å². The second kappa shape index (κ2) is 7.13. The van der Waals surface area contributed by atoms with Crippen molar-refractivity contribution in [3.63, 3.8) is 0 Å². The summed E-state index contributed by atoms with van der Waals surface area (Å²) in [6.07, 6.45) is 1.86. The molecule has 0 aliphatic carbocycles. The minimum absolute atomic E-state index is 0.0430. The zero-order chi connectivity index (χ0) is 17.1. The summed E-state index contributed by atoms with van der Waals surface area (Å²) in [7, 11) is 4.06. The molecule has 0 fully saturated rings. The van der Waals surface area contributed by atoms with Crippen LogP contribution in [0.4, 0.5) is 4.39 Å². The molecule has 1 atom stereocenters. The average molecular weight is 330 g/mol. The molecule has 0 N–H and O–H groups in total. The average Bonchev–Trinajstić information content (AvgIpc) is 2.88. The standard InChI is InChI=1S/C18H23FN4O/c1-21(2)10-14-11-22(13-16-7-8-20-23(16)12-14)18(24)9-15-5-3-4-6-17(15)19/h3-8,14H,9-13H2,1-2H3/t14-/m1/s1. The van der Waals surface area contributed by atoms with Crippen LogP contribution in [0.15, 0.2) is 36.5 Å². The number of aromatic nitrogens is 2. The number of hydrogen-bond donors (Lipinski definition) is 0. The van der Waals surface area contributed by atoms with Gasteiger partial charge < -0.3 is 9.80 Å². The van der Waals surface area contributed by atoms with E-state index in [9.17, 15) is 9.18 Å². The van der Waals surface area contributed by atoms with Crippen molar-refractivity contribution in [1.29, 1.82) is 0 Å². The van der Waals surface area contributed by atoms with E-state index in [0.717, 1.165) is 18.8 Å². The lowest BCUT2D eigenvalue weighted by Crippen LogP contribution is -2.38. The summed E-state index contributed by atoms with van der Waals surface area (Å²) in [6.45, 7) is 2.86. The van der Waals surface area contributed by atoms with Gasteiger partial charge in [0.15, 0.2) is 0 Å². The highest BCUT2D eigenvalue weighted by molar-refractivity contribution is 5.78. The van der Waals surface area contributed by atoms with Crippen LogP contribution in [-0.4, -0.2) is 52.7 Å². The number of nitrogens with zero attached hydrogens (tertiary/aromatic N) is 4. The van der Waals surface area contributed by atoms with Crippen LogP contribution in [0.25, 0.3) is 0 Å². The Hall–Kier alpha value is -2.21. The SMILES string of the molecule is CN(C)C[C@@H]1CN(C(=O)Cc2ccccc2F)Cc2ccnn2C1. The van der Waals surface area contributed by atoms with Crippen molar-refractivity contribution in [2.24, 2.45) is 5.92 Å². The van der Waals surface area contributed by atoms with E-state index >= 15 is 0 Å². The molecule has 3 rings (SSSR count). The first kappa shape index (κ1) is 16.6. The van der Waals surface area contributed by atoms with Gasteiger partial charge in [0.05, 0.1) is 18.7 Å². The molecule has 1 aliphatic heterocycles. The lowest BCUT2D eigenvalue weighted by atomic mass is 10.1. The van der Waals surface area contributed by atoms with Crippen LogP contribution >= 0.6 is 0 Å². The summed E-state index contributed by atoms with van der Waals surface area (Å²) < 4.78 is 15.8. The van der Waals surface area contributed by atoms with Crippen LogP contribution in [0, 0.1) is 11.7 Å². The van der Waals surface area contributed by atoms with E-state index in [-0.39, 0.29) is 18.1 Å². The number of fused-ring (bicyclic) bond motifs is 1. The fraction of sp³-hybridized carbons (Fsp3) is 0.444. The van der Waals surface area contributed by atoms with Gasteiger partial charge in [0, 0.05) is 31.7 Å². The van der Waals surface area contributed by atoms with Gasteiger partial charge in [-0.15, -0.1) is 0 Å². The summed E-state index contributed by atoms with van der Waals surface area (Å²) in [4.78, 5) is 16.7. The molecule has 1 aliphatic rings. The van der Waals surface area contributed by atoms with Crippen LogP contribution in [0.5, 0.6) is 0 Å². The lowest BCUT2D eigenvalue weighted by molar-refractivity contribution is -0.131. The quantitative estimate of drug-likeness (QED) is 0.858. The zero-order valence-electron chi connectivity index (χ0n) is 14.2. The van der Waals surface area contributed by atoms with Gasteiger partial charge in [-0.05, 0) is 31.8 Å². The zero-order valence-corrected chi connectivity index (χ0v) is 14.2. The Labute approximate surface area is 141 Å². The number of hydrogen-bond acceptors (Lipinski definition) is 3. The Kier molecular flexibility index (Phi) is 4.94. The minimum atomic E-state index is -0.324. The van der Waals surface area contributed by atoms with E-state index in [2.05, 4.69) is 10.00 Å². The summed E-state index contributed by atoms with van der Waals surface area (Å²) in [6, 6.07) is 8.42. The van der Waals surface area contributed by atoms with Gasteiger partial charge in [-0.25, -0.2) is 4.39 Å². The number of rotatable bonds is 4. The Morgan fingerprint density at radius 3 is 2.83 bits per heavy atom. The van der Waals surface area contributed by atoms with Crippen molar-refractivity contribution < 1.29 is 9.18 Å². The van der Waals surface area contributed by atoms with Crippen molar-refractivity contribution >= 4 is 5.91 Å². The van der Waals surface area contributed by atoms with Gasteiger partial charge in [0.2, 0.25) is 5.91 Å². The first-order valence-corrected chi connectivity index (χ1v) is 8.19. The van der Waals surface area contributed by atoms with Gasteiger partial charge >= 0.3 is 0 Å². The van der Waals surface area contributed by atoms with Crippen LogP contribution in [-0.2, 0) is 24.3 Å². The topological polar surface area (TPSA) is 41.4 Å². The van der Waals surface area contributed by atoms with E-state index < -0.39 is 0 Å². The minimum Gasteiger partial charge on any atom is -0.336 e. The molecule has 0 unspecified atom stereocenters. The normalized spacial score (nSPS) is 17.7. The molecule has 1 amide bonds. The van der Waals surface area contributed by atoms with Gasteiger partial charge in [0.1, 0.15) is 5.82 Å². The van der Waals surface area contributed by atoms with Crippen LogP contribution in [0.2, 0.25) is 0 Å². The molecule has 6 heteroatoms. The lowest BCUT2D eigenvalue weighted by Gasteiger charge is -2.26. The highest BCUT2D eigenvalue weighted by Gasteiger charge is 2.26. The molecule has 1 aromatic heterocycles. The van der Waals surface area contributed by atoms with Crippen molar-refractivity contribution in [3.8, 4) is 0 Å². The number of carbonyl (C=O) groups excluding carboxylic acids is 1. The number of benzene rings is 1. The Morgan fingerprint density at radius 1 is 1.29 bits per heavy atom. The molecule has 0 saturated heterocycles. The maximum atomic E-state index is 13.8. The highest BCUT2D eigenvalue weighted by atomic mass is 19.1. The first-order valence-electron chi connectivity index (χ1n) is 8.19. The molecule has 0 radical (unpaired) electrons. The molecule has 2 aromatic rings. The van der Waals surface area contributed by atoms with Crippen LogP contribution < -0.4 is 0 Å². The second-order valence-corrected chi connectivity index (χ2v) is 6.68. The Morgan fingerprint density at radius 2 is 2.08 bits per heavy atom. The third kappa shape index (κ3) is 3.82. The van der Waals surface area contributed by atoms with Crippen LogP contribution in [0.3, 0.4) is 0 Å². The predicted octanol–water partition coefficient (Wildman–Crippen LogP) is 1.78. The highest BCUT2D eigenvalue weighted by Crippen LogP contribution is 2.18. The van der Waals surface area contributed by atoms with Crippen molar-refractivity contribution in [2.45, 2.75) is 19.5 Å². The maximum Gasteiger partial charge on any atom is 0.227 e. The van der Waals surface area contributed by atoms with Gasteiger partial charge in [-0.2, -0.15) is 5.10 Å². The molecule has 1 aromatic carbocycles. The number of carbonyl (C=O) groups is 1. The molecule has 0 saturated carbocycles.